The molecule has 0 heterocycles. The van der Waals surface area contributed by atoms with Crippen LogP contribution in [-0.2, 0) is 0 Å². The number of rotatable bonds is 4. The largest absolute Gasteiger partial charge is 0.313 e. The SMILES string of the molecule is CCNC(CC#N)C12CC3CC(CC(C3)C1)C2. The average molecular weight is 232 g/mol. The fraction of sp³-hybridized carbons (Fsp3) is 0.933. The van der Waals surface area contributed by atoms with Crippen molar-refractivity contribution in [3.05, 3.63) is 0 Å². The molecular formula is C15H24N2. The smallest absolute Gasteiger partial charge is 0.0638 e. The Hall–Kier alpha value is -0.550. The van der Waals surface area contributed by atoms with Gasteiger partial charge in [0, 0.05) is 6.04 Å². The van der Waals surface area contributed by atoms with Crippen molar-refractivity contribution in [3.63, 3.8) is 0 Å². The zero-order valence-electron chi connectivity index (χ0n) is 10.9. The van der Waals surface area contributed by atoms with Gasteiger partial charge in [-0.1, -0.05) is 6.92 Å². The molecule has 0 radical (unpaired) electrons. The van der Waals surface area contributed by atoms with E-state index >= 15 is 0 Å². The first kappa shape index (κ1) is 11.5. The molecule has 17 heavy (non-hydrogen) atoms. The maximum absolute atomic E-state index is 9.07. The molecule has 0 aliphatic heterocycles. The third-order valence-electron chi connectivity index (χ3n) is 5.57. The van der Waals surface area contributed by atoms with Crippen molar-refractivity contribution in [3.8, 4) is 6.07 Å². The molecule has 4 saturated carbocycles. The maximum atomic E-state index is 9.07. The van der Waals surface area contributed by atoms with E-state index in [2.05, 4.69) is 18.3 Å². The molecule has 4 rings (SSSR count). The van der Waals surface area contributed by atoms with Gasteiger partial charge in [0.1, 0.15) is 0 Å². The first-order chi connectivity index (χ1) is 8.25. The lowest BCUT2D eigenvalue weighted by molar-refractivity contribution is -0.0726. The first-order valence-corrected chi connectivity index (χ1v) is 7.36. The summed E-state index contributed by atoms with van der Waals surface area (Å²) in [6, 6.07) is 2.88. The van der Waals surface area contributed by atoms with Gasteiger partial charge in [0.2, 0.25) is 0 Å². The molecule has 0 aromatic carbocycles. The van der Waals surface area contributed by atoms with E-state index in [1.807, 2.05) is 0 Å². The maximum Gasteiger partial charge on any atom is 0.0638 e. The van der Waals surface area contributed by atoms with Crippen molar-refractivity contribution in [2.45, 2.75) is 57.9 Å². The van der Waals surface area contributed by atoms with Crippen LogP contribution in [0.1, 0.15) is 51.9 Å². The molecule has 4 aliphatic rings. The third kappa shape index (κ3) is 1.89. The zero-order valence-corrected chi connectivity index (χ0v) is 10.9. The van der Waals surface area contributed by atoms with Gasteiger partial charge >= 0.3 is 0 Å². The molecular weight excluding hydrogens is 208 g/mol. The molecule has 2 heteroatoms. The Labute approximate surface area is 105 Å². The van der Waals surface area contributed by atoms with E-state index in [0.717, 1.165) is 24.3 Å². The molecule has 0 saturated heterocycles. The summed E-state index contributed by atoms with van der Waals surface area (Å²) >= 11 is 0. The minimum atomic E-state index is 0.464. The second-order valence-corrected chi connectivity index (χ2v) is 6.75. The highest BCUT2D eigenvalue weighted by atomic mass is 14.9. The Morgan fingerprint density at radius 2 is 1.71 bits per heavy atom. The zero-order chi connectivity index (χ0) is 11.9. The van der Waals surface area contributed by atoms with Crippen LogP contribution < -0.4 is 5.32 Å². The van der Waals surface area contributed by atoms with E-state index in [9.17, 15) is 0 Å². The number of nitriles is 1. The molecule has 0 spiro atoms. The van der Waals surface area contributed by atoms with Crippen LogP contribution in [0.4, 0.5) is 0 Å². The highest BCUT2D eigenvalue weighted by Gasteiger charge is 2.53. The van der Waals surface area contributed by atoms with Gasteiger partial charge in [-0.15, -0.1) is 0 Å². The minimum Gasteiger partial charge on any atom is -0.313 e. The number of nitrogens with one attached hydrogen (secondary N) is 1. The Morgan fingerprint density at radius 3 is 2.12 bits per heavy atom. The molecule has 4 bridgehead atoms. The van der Waals surface area contributed by atoms with Crippen LogP contribution in [0.5, 0.6) is 0 Å². The summed E-state index contributed by atoms with van der Waals surface area (Å²) in [5, 5.41) is 12.7. The van der Waals surface area contributed by atoms with Crippen LogP contribution in [0.3, 0.4) is 0 Å². The topological polar surface area (TPSA) is 35.8 Å². The Balaban J connectivity index is 1.82. The number of hydrogen-bond donors (Lipinski definition) is 1. The number of hydrogen-bond acceptors (Lipinski definition) is 2. The van der Waals surface area contributed by atoms with Crippen LogP contribution in [0.25, 0.3) is 0 Å². The summed E-state index contributed by atoms with van der Waals surface area (Å²) in [6.45, 7) is 3.18. The third-order valence-corrected chi connectivity index (χ3v) is 5.57. The Kier molecular flexibility index (Phi) is 2.91. The molecule has 1 unspecified atom stereocenters. The molecule has 1 N–H and O–H groups in total. The van der Waals surface area contributed by atoms with Crippen LogP contribution in [-0.4, -0.2) is 12.6 Å². The molecule has 1 atom stereocenters. The van der Waals surface area contributed by atoms with E-state index in [-0.39, 0.29) is 0 Å². The quantitative estimate of drug-likeness (QED) is 0.808. The van der Waals surface area contributed by atoms with Crippen LogP contribution in [0.2, 0.25) is 0 Å². The molecule has 4 aliphatic carbocycles. The molecule has 0 aromatic rings. The van der Waals surface area contributed by atoms with E-state index in [1.54, 1.807) is 0 Å². The summed E-state index contributed by atoms with van der Waals surface area (Å²) in [4.78, 5) is 0. The molecule has 0 amide bonds. The van der Waals surface area contributed by atoms with Crippen molar-refractivity contribution in [1.82, 2.24) is 5.32 Å². The highest BCUT2D eigenvalue weighted by molar-refractivity contribution is 5.07. The van der Waals surface area contributed by atoms with Crippen molar-refractivity contribution in [2.24, 2.45) is 23.2 Å². The molecule has 0 aromatic heterocycles. The van der Waals surface area contributed by atoms with Crippen molar-refractivity contribution in [2.75, 3.05) is 6.54 Å². The van der Waals surface area contributed by atoms with Gasteiger partial charge in [-0.05, 0) is 68.2 Å². The monoisotopic (exact) mass is 232 g/mol. The summed E-state index contributed by atoms with van der Waals surface area (Å²) in [5.41, 5.74) is 0.487. The Bertz CT molecular complexity index is 293. The van der Waals surface area contributed by atoms with Crippen LogP contribution >= 0.6 is 0 Å². The summed E-state index contributed by atoms with van der Waals surface area (Å²) in [5.74, 6) is 2.96. The summed E-state index contributed by atoms with van der Waals surface area (Å²) in [7, 11) is 0. The van der Waals surface area contributed by atoms with Crippen molar-refractivity contribution in [1.29, 1.82) is 5.26 Å². The van der Waals surface area contributed by atoms with E-state index in [0.29, 0.717) is 17.9 Å². The minimum absolute atomic E-state index is 0.464. The molecule has 94 valence electrons. The number of nitrogens with zero attached hydrogens (tertiary/aromatic N) is 1. The Morgan fingerprint density at radius 1 is 1.18 bits per heavy atom. The van der Waals surface area contributed by atoms with Gasteiger partial charge in [-0.2, -0.15) is 5.26 Å². The van der Waals surface area contributed by atoms with E-state index < -0.39 is 0 Å². The van der Waals surface area contributed by atoms with E-state index in [4.69, 9.17) is 5.26 Å². The normalized spacial score (nSPS) is 44.6. The second kappa shape index (κ2) is 4.28. The second-order valence-electron chi connectivity index (χ2n) is 6.75. The van der Waals surface area contributed by atoms with Crippen molar-refractivity contribution < 1.29 is 0 Å². The molecule has 4 fully saturated rings. The highest BCUT2D eigenvalue weighted by Crippen LogP contribution is 2.61. The standard InChI is InChI=1S/C15H24N2/c1-2-17-14(3-4-16)15-8-11-5-12(9-15)7-13(6-11)10-15/h11-14,17H,2-3,5-10H2,1H3. The van der Waals surface area contributed by atoms with Gasteiger partial charge in [0.25, 0.3) is 0 Å². The summed E-state index contributed by atoms with van der Waals surface area (Å²) in [6.07, 6.45) is 9.38. The fourth-order valence-electron chi connectivity index (χ4n) is 5.45. The predicted molar refractivity (Wildman–Crippen MR) is 68.3 cm³/mol. The lowest BCUT2D eigenvalue weighted by atomic mass is 9.47. The van der Waals surface area contributed by atoms with Gasteiger partial charge in [-0.25, -0.2) is 0 Å². The predicted octanol–water partition coefficient (Wildman–Crippen LogP) is 3.09. The van der Waals surface area contributed by atoms with Gasteiger partial charge < -0.3 is 5.32 Å². The van der Waals surface area contributed by atoms with Crippen LogP contribution in [0.15, 0.2) is 0 Å². The molecule has 2 nitrogen and oxygen atoms in total. The lowest BCUT2D eigenvalue weighted by Crippen LogP contribution is -2.55. The first-order valence-electron chi connectivity index (χ1n) is 7.36. The average Bonchev–Trinajstić information content (AvgIpc) is 2.27. The van der Waals surface area contributed by atoms with Gasteiger partial charge in [0.05, 0.1) is 12.5 Å². The van der Waals surface area contributed by atoms with Gasteiger partial charge in [-0.3, -0.25) is 0 Å². The van der Waals surface area contributed by atoms with Crippen molar-refractivity contribution >= 4 is 0 Å². The van der Waals surface area contributed by atoms with Crippen LogP contribution in [0, 0.1) is 34.5 Å². The fourth-order valence-corrected chi connectivity index (χ4v) is 5.45. The summed E-state index contributed by atoms with van der Waals surface area (Å²) < 4.78 is 0. The van der Waals surface area contributed by atoms with Gasteiger partial charge in [0.15, 0.2) is 0 Å². The van der Waals surface area contributed by atoms with E-state index in [1.165, 1.54) is 38.5 Å². The lowest BCUT2D eigenvalue weighted by Gasteiger charge is -2.59.